The third-order valence-corrected chi connectivity index (χ3v) is 7.91. The summed E-state index contributed by atoms with van der Waals surface area (Å²) in [5.74, 6) is 0.564. The number of benzene rings is 3. The molecule has 45 heavy (non-hydrogen) atoms. The standard InChI is InChI=1S/C32H32BrIN4O6S/c1-4-41-26-15-21(14-24(33)30(26)44-17-20-10-12-22(34)13-11-20)16-35-38-27(39)18-43-25-9-7-6-8-23(25)29-28(31(40)42-5-2)19(3)36-32(45)37-29/h6-16,29H,4-5,17-18H2,1-3H3,(H,38,39)(H2,36,37,45)/t29-/m1/s1. The van der Waals surface area contributed by atoms with E-state index in [1.165, 1.54) is 6.21 Å². The van der Waals surface area contributed by atoms with E-state index in [0.29, 0.717) is 62.4 Å². The summed E-state index contributed by atoms with van der Waals surface area (Å²) in [6.45, 7) is 6.11. The zero-order valence-electron chi connectivity index (χ0n) is 24.8. The monoisotopic (exact) mass is 806 g/mol. The number of ether oxygens (including phenoxy) is 4. The molecule has 0 saturated carbocycles. The SMILES string of the molecule is CCOC(=O)C1=C(C)NC(=S)N[C@@H]1c1ccccc1OCC(=O)NN=Cc1cc(Br)c(OCc2ccc(I)cc2)c(OCC)c1. The number of rotatable bonds is 13. The average molecular weight is 808 g/mol. The second kappa shape index (κ2) is 16.6. The molecule has 4 rings (SSSR count). The van der Waals surface area contributed by atoms with Gasteiger partial charge in [0, 0.05) is 14.8 Å². The van der Waals surface area contributed by atoms with Gasteiger partial charge in [0.2, 0.25) is 0 Å². The summed E-state index contributed by atoms with van der Waals surface area (Å²) < 4.78 is 24.8. The van der Waals surface area contributed by atoms with Crippen LogP contribution in [0.1, 0.15) is 43.5 Å². The van der Waals surface area contributed by atoms with Crippen molar-refractivity contribution in [2.75, 3.05) is 19.8 Å². The molecule has 0 aromatic heterocycles. The fourth-order valence-electron chi connectivity index (χ4n) is 4.41. The highest BCUT2D eigenvalue weighted by Gasteiger charge is 2.32. The Kier molecular flexibility index (Phi) is 12.6. The predicted molar refractivity (Wildman–Crippen MR) is 187 cm³/mol. The topological polar surface area (TPSA) is 120 Å². The van der Waals surface area contributed by atoms with Crippen molar-refractivity contribution < 1.29 is 28.5 Å². The lowest BCUT2D eigenvalue weighted by atomic mass is 9.95. The van der Waals surface area contributed by atoms with Crippen LogP contribution in [-0.4, -0.2) is 43.0 Å². The number of para-hydroxylation sites is 1. The number of allylic oxidation sites excluding steroid dienone is 1. The van der Waals surface area contributed by atoms with Crippen LogP contribution >= 0.6 is 50.7 Å². The molecule has 1 atom stereocenters. The van der Waals surface area contributed by atoms with Gasteiger partial charge in [0.05, 0.1) is 35.5 Å². The first-order valence-corrected chi connectivity index (χ1v) is 16.3. The van der Waals surface area contributed by atoms with Crippen LogP contribution in [0.15, 0.2) is 81.5 Å². The molecule has 1 heterocycles. The van der Waals surface area contributed by atoms with Crippen LogP contribution in [0, 0.1) is 3.57 Å². The quantitative estimate of drug-likeness (QED) is 0.0637. The normalized spacial score (nSPS) is 14.4. The molecule has 0 fully saturated rings. The predicted octanol–water partition coefficient (Wildman–Crippen LogP) is 5.92. The first-order valence-electron chi connectivity index (χ1n) is 14.0. The molecule has 1 aliphatic rings. The van der Waals surface area contributed by atoms with E-state index < -0.39 is 17.9 Å². The molecule has 236 valence electrons. The lowest BCUT2D eigenvalue weighted by molar-refractivity contribution is -0.139. The van der Waals surface area contributed by atoms with Crippen LogP contribution in [0.2, 0.25) is 0 Å². The van der Waals surface area contributed by atoms with E-state index in [1.54, 1.807) is 38.1 Å². The molecule has 0 spiro atoms. The van der Waals surface area contributed by atoms with Crippen LogP contribution in [0.25, 0.3) is 0 Å². The number of hydrazone groups is 1. The molecule has 3 N–H and O–H groups in total. The summed E-state index contributed by atoms with van der Waals surface area (Å²) in [5.41, 5.74) is 5.77. The van der Waals surface area contributed by atoms with Gasteiger partial charge in [-0.05, 0) is 113 Å². The largest absolute Gasteiger partial charge is 0.490 e. The van der Waals surface area contributed by atoms with Gasteiger partial charge in [0.1, 0.15) is 12.4 Å². The second-order valence-corrected chi connectivity index (χ2v) is 12.1. The molecule has 0 unspecified atom stereocenters. The maximum absolute atomic E-state index is 12.8. The van der Waals surface area contributed by atoms with Crippen LogP contribution < -0.4 is 30.3 Å². The summed E-state index contributed by atoms with van der Waals surface area (Å²) >= 11 is 11.2. The van der Waals surface area contributed by atoms with Gasteiger partial charge in [-0.25, -0.2) is 10.2 Å². The molecule has 1 amide bonds. The molecule has 10 nitrogen and oxygen atoms in total. The molecule has 0 aliphatic carbocycles. The smallest absolute Gasteiger partial charge is 0.338 e. The first kappa shape index (κ1) is 34.2. The van der Waals surface area contributed by atoms with Crippen molar-refractivity contribution in [3.8, 4) is 17.2 Å². The molecule has 3 aromatic carbocycles. The highest BCUT2D eigenvalue weighted by atomic mass is 127. The van der Waals surface area contributed by atoms with Crippen LogP contribution in [0.3, 0.4) is 0 Å². The van der Waals surface area contributed by atoms with Gasteiger partial charge in [-0.15, -0.1) is 0 Å². The van der Waals surface area contributed by atoms with E-state index in [4.69, 9.17) is 31.2 Å². The Balaban J connectivity index is 1.41. The Morgan fingerprint density at radius 2 is 1.80 bits per heavy atom. The minimum absolute atomic E-state index is 0.223. The number of thiocarbonyl (C=S) groups is 1. The summed E-state index contributed by atoms with van der Waals surface area (Å²) in [6, 6.07) is 18.2. The maximum atomic E-state index is 12.8. The molecule has 0 bridgehead atoms. The van der Waals surface area contributed by atoms with Crippen LogP contribution in [-0.2, 0) is 20.9 Å². The second-order valence-electron chi connectivity index (χ2n) is 9.59. The number of amides is 1. The Morgan fingerprint density at radius 1 is 1.04 bits per heavy atom. The van der Waals surface area contributed by atoms with Crippen molar-refractivity contribution in [1.82, 2.24) is 16.1 Å². The zero-order chi connectivity index (χ0) is 32.3. The van der Waals surface area contributed by atoms with Crippen molar-refractivity contribution in [2.24, 2.45) is 5.10 Å². The number of halogens is 2. The number of nitrogens with zero attached hydrogens (tertiary/aromatic N) is 1. The minimum Gasteiger partial charge on any atom is -0.490 e. The number of hydrogen-bond donors (Lipinski definition) is 3. The lowest BCUT2D eigenvalue weighted by Gasteiger charge is -2.30. The Labute approximate surface area is 289 Å². The molecule has 0 saturated heterocycles. The van der Waals surface area contributed by atoms with Gasteiger partial charge in [-0.2, -0.15) is 5.10 Å². The van der Waals surface area contributed by atoms with Gasteiger partial charge in [0.25, 0.3) is 5.91 Å². The third kappa shape index (κ3) is 9.41. The molecule has 13 heteroatoms. The van der Waals surface area contributed by atoms with E-state index in [0.717, 1.165) is 9.13 Å². The summed E-state index contributed by atoms with van der Waals surface area (Å²) in [4.78, 5) is 25.4. The number of carbonyl (C=O) groups is 2. The van der Waals surface area contributed by atoms with Gasteiger partial charge < -0.3 is 29.6 Å². The highest BCUT2D eigenvalue weighted by molar-refractivity contribution is 14.1. The number of nitrogens with one attached hydrogen (secondary N) is 3. The molecular formula is C32H32BrIN4O6S. The van der Waals surface area contributed by atoms with E-state index in [1.807, 2.05) is 43.3 Å². The van der Waals surface area contributed by atoms with Crippen LogP contribution in [0.5, 0.6) is 17.2 Å². The van der Waals surface area contributed by atoms with Crippen molar-refractivity contribution >= 4 is 73.9 Å². The van der Waals surface area contributed by atoms with Crippen molar-refractivity contribution in [3.05, 3.63) is 96.7 Å². The third-order valence-electron chi connectivity index (χ3n) is 6.38. The number of carbonyl (C=O) groups excluding carboxylic acids is 2. The number of esters is 1. The fourth-order valence-corrected chi connectivity index (χ4v) is 5.62. The number of hydrogen-bond acceptors (Lipinski definition) is 8. The van der Waals surface area contributed by atoms with Crippen LogP contribution in [0.4, 0.5) is 0 Å². The van der Waals surface area contributed by atoms with Gasteiger partial charge in [0.15, 0.2) is 23.2 Å². The summed E-state index contributed by atoms with van der Waals surface area (Å²) in [7, 11) is 0. The molecule has 1 aliphatic heterocycles. The Morgan fingerprint density at radius 3 is 2.53 bits per heavy atom. The van der Waals surface area contributed by atoms with Gasteiger partial charge in [-0.1, -0.05) is 30.3 Å². The first-order chi connectivity index (χ1) is 21.7. The Bertz CT molecular complexity index is 1620. The van der Waals surface area contributed by atoms with Crippen molar-refractivity contribution in [1.29, 1.82) is 0 Å². The minimum atomic E-state index is -0.628. The van der Waals surface area contributed by atoms with Crippen molar-refractivity contribution in [3.63, 3.8) is 0 Å². The average Bonchev–Trinajstić information content (AvgIpc) is 3.00. The van der Waals surface area contributed by atoms with E-state index in [2.05, 4.69) is 59.7 Å². The highest BCUT2D eigenvalue weighted by Crippen LogP contribution is 2.37. The molecule has 3 aromatic rings. The van der Waals surface area contributed by atoms with Gasteiger partial charge >= 0.3 is 5.97 Å². The lowest BCUT2D eigenvalue weighted by Crippen LogP contribution is -2.45. The zero-order valence-corrected chi connectivity index (χ0v) is 29.4. The van der Waals surface area contributed by atoms with E-state index in [9.17, 15) is 9.59 Å². The molecular weight excluding hydrogens is 775 g/mol. The van der Waals surface area contributed by atoms with Gasteiger partial charge in [-0.3, -0.25) is 4.79 Å². The summed E-state index contributed by atoms with van der Waals surface area (Å²) in [5, 5.41) is 10.5. The maximum Gasteiger partial charge on any atom is 0.338 e. The van der Waals surface area contributed by atoms with E-state index >= 15 is 0 Å². The van der Waals surface area contributed by atoms with Crippen molar-refractivity contribution in [2.45, 2.75) is 33.4 Å². The summed E-state index contributed by atoms with van der Waals surface area (Å²) in [6.07, 6.45) is 1.50. The Hall–Kier alpha value is -3.69. The fraction of sp³-hybridized carbons (Fsp3) is 0.250. The van der Waals surface area contributed by atoms with E-state index in [-0.39, 0.29) is 13.2 Å². The molecule has 0 radical (unpaired) electrons.